The molecule has 0 unspecified atom stereocenters. The van der Waals surface area contributed by atoms with Crippen molar-refractivity contribution in [2.45, 2.75) is 20.3 Å². The van der Waals surface area contributed by atoms with Crippen LogP contribution in [0.4, 0.5) is 17.1 Å². The quantitative estimate of drug-likeness (QED) is 0.512. The van der Waals surface area contributed by atoms with Gasteiger partial charge in [-0.25, -0.2) is 0 Å². The van der Waals surface area contributed by atoms with Crippen LogP contribution < -0.4 is 16.0 Å². The van der Waals surface area contributed by atoms with Gasteiger partial charge in [-0.1, -0.05) is 37.3 Å². The summed E-state index contributed by atoms with van der Waals surface area (Å²) in [6, 6.07) is 21.2. The largest absolute Gasteiger partial charge is 0.326 e. The predicted molar refractivity (Wildman–Crippen MR) is 126 cm³/mol. The smallest absolute Gasteiger partial charge is 0.255 e. The van der Waals surface area contributed by atoms with Gasteiger partial charge >= 0.3 is 0 Å². The molecule has 3 N–H and O–H groups in total. The first-order valence-corrected chi connectivity index (χ1v) is 10.6. The molecule has 6 nitrogen and oxygen atoms in total. The van der Waals surface area contributed by atoms with E-state index >= 15 is 0 Å². The molecule has 1 fully saturated rings. The Morgan fingerprint density at radius 2 is 1.41 bits per heavy atom. The molecular weight excluding hydrogens is 402 g/mol. The van der Waals surface area contributed by atoms with E-state index in [1.165, 1.54) is 0 Å². The zero-order valence-corrected chi connectivity index (χ0v) is 18.0. The number of aryl methyl sites for hydroxylation is 1. The standard InChI is InChI=1S/C26H25N3O3/c1-16-11-12-21(27-24(30)18-7-4-3-5-8-18)15-23(16)29-25(31)19-9-6-10-20(14-19)28-26(32)22-13-17(22)2/h3-12,14-15,17,22H,13H2,1-2H3,(H,27,30)(H,28,32)(H,29,31)/t17-,22+/m1/s1. The Bertz CT molecular complexity index is 1170. The van der Waals surface area contributed by atoms with E-state index in [2.05, 4.69) is 16.0 Å². The van der Waals surface area contributed by atoms with Crippen LogP contribution in [-0.2, 0) is 4.79 Å². The number of carbonyl (C=O) groups excluding carboxylic acids is 3. The molecule has 1 saturated carbocycles. The van der Waals surface area contributed by atoms with Gasteiger partial charge in [0, 0.05) is 34.1 Å². The van der Waals surface area contributed by atoms with Crippen LogP contribution in [0.15, 0.2) is 72.8 Å². The van der Waals surface area contributed by atoms with E-state index in [9.17, 15) is 14.4 Å². The van der Waals surface area contributed by atoms with Crippen LogP contribution in [0.2, 0.25) is 0 Å². The number of hydrogen-bond acceptors (Lipinski definition) is 3. The van der Waals surface area contributed by atoms with Crippen molar-refractivity contribution in [2.75, 3.05) is 16.0 Å². The second-order valence-electron chi connectivity index (χ2n) is 8.19. The molecular formula is C26H25N3O3. The van der Waals surface area contributed by atoms with Gasteiger partial charge in [0.1, 0.15) is 0 Å². The van der Waals surface area contributed by atoms with Crippen LogP contribution in [0.1, 0.15) is 39.6 Å². The summed E-state index contributed by atoms with van der Waals surface area (Å²) in [6.07, 6.45) is 0.905. The molecule has 0 bridgehead atoms. The average molecular weight is 428 g/mol. The van der Waals surface area contributed by atoms with Crippen molar-refractivity contribution >= 4 is 34.8 Å². The van der Waals surface area contributed by atoms with E-state index < -0.39 is 0 Å². The maximum absolute atomic E-state index is 12.8. The fourth-order valence-electron chi connectivity index (χ4n) is 3.48. The number of hydrogen-bond donors (Lipinski definition) is 3. The summed E-state index contributed by atoms with van der Waals surface area (Å²) in [7, 11) is 0. The van der Waals surface area contributed by atoms with Gasteiger partial charge in [0.2, 0.25) is 5.91 Å². The molecule has 0 radical (unpaired) electrons. The minimum atomic E-state index is -0.296. The topological polar surface area (TPSA) is 87.3 Å². The minimum absolute atomic E-state index is 0.00670. The van der Waals surface area contributed by atoms with Crippen LogP contribution in [0.3, 0.4) is 0 Å². The lowest BCUT2D eigenvalue weighted by molar-refractivity contribution is -0.117. The number of benzene rings is 3. The molecule has 4 rings (SSSR count). The van der Waals surface area contributed by atoms with Crippen LogP contribution in [-0.4, -0.2) is 17.7 Å². The number of rotatable bonds is 6. The van der Waals surface area contributed by atoms with E-state index in [1.807, 2.05) is 26.0 Å². The SMILES string of the molecule is Cc1ccc(NC(=O)c2ccccc2)cc1NC(=O)c1cccc(NC(=O)[C@H]2C[C@H]2C)c1. The zero-order chi connectivity index (χ0) is 22.7. The van der Waals surface area contributed by atoms with Crippen molar-refractivity contribution in [1.29, 1.82) is 0 Å². The Morgan fingerprint density at radius 3 is 2.12 bits per heavy atom. The molecule has 3 aromatic rings. The van der Waals surface area contributed by atoms with Crippen LogP contribution in [0.5, 0.6) is 0 Å². The van der Waals surface area contributed by atoms with Crippen LogP contribution >= 0.6 is 0 Å². The summed E-state index contributed by atoms with van der Waals surface area (Å²) < 4.78 is 0. The number of carbonyl (C=O) groups is 3. The van der Waals surface area contributed by atoms with Crippen molar-refractivity contribution in [2.24, 2.45) is 11.8 Å². The maximum atomic E-state index is 12.8. The predicted octanol–water partition coefficient (Wildman–Crippen LogP) is 5.09. The Hall–Kier alpha value is -3.93. The molecule has 0 heterocycles. The highest BCUT2D eigenvalue weighted by atomic mass is 16.2. The molecule has 1 aliphatic carbocycles. The molecule has 0 saturated heterocycles. The molecule has 0 spiro atoms. The van der Waals surface area contributed by atoms with Crippen molar-refractivity contribution in [3.63, 3.8) is 0 Å². The monoisotopic (exact) mass is 427 g/mol. The van der Waals surface area contributed by atoms with E-state index in [-0.39, 0.29) is 23.6 Å². The number of amides is 3. The summed E-state index contributed by atoms with van der Waals surface area (Å²) in [6.45, 7) is 3.93. The van der Waals surface area contributed by atoms with Crippen molar-refractivity contribution in [1.82, 2.24) is 0 Å². The molecule has 2 atom stereocenters. The third kappa shape index (κ3) is 5.03. The molecule has 162 valence electrons. The second kappa shape index (κ2) is 9.06. The molecule has 3 aromatic carbocycles. The molecule has 6 heteroatoms. The summed E-state index contributed by atoms with van der Waals surface area (Å²) in [4.78, 5) is 37.4. The van der Waals surface area contributed by atoms with Crippen molar-refractivity contribution < 1.29 is 14.4 Å². The first-order valence-electron chi connectivity index (χ1n) is 10.6. The normalized spacial score (nSPS) is 16.7. The molecule has 32 heavy (non-hydrogen) atoms. The maximum Gasteiger partial charge on any atom is 0.255 e. The van der Waals surface area contributed by atoms with Crippen molar-refractivity contribution in [3.8, 4) is 0 Å². The highest BCUT2D eigenvalue weighted by Gasteiger charge is 2.39. The second-order valence-corrected chi connectivity index (χ2v) is 8.19. The van der Waals surface area contributed by atoms with Gasteiger partial charge in [-0.3, -0.25) is 14.4 Å². The minimum Gasteiger partial charge on any atom is -0.326 e. The summed E-state index contributed by atoms with van der Waals surface area (Å²) in [5.41, 5.74) is 3.63. The lowest BCUT2D eigenvalue weighted by Gasteiger charge is -2.12. The lowest BCUT2D eigenvalue weighted by Crippen LogP contribution is -2.17. The molecule has 3 amide bonds. The van der Waals surface area contributed by atoms with E-state index in [4.69, 9.17) is 0 Å². The van der Waals surface area contributed by atoms with Gasteiger partial charge in [-0.15, -0.1) is 0 Å². The Labute approximate surface area is 187 Å². The highest BCUT2D eigenvalue weighted by molar-refractivity contribution is 6.07. The van der Waals surface area contributed by atoms with Gasteiger partial charge in [0.15, 0.2) is 0 Å². The fourth-order valence-corrected chi connectivity index (χ4v) is 3.48. The molecule has 0 aromatic heterocycles. The van der Waals surface area contributed by atoms with Gasteiger partial charge < -0.3 is 16.0 Å². The van der Waals surface area contributed by atoms with E-state index in [0.717, 1.165) is 12.0 Å². The Morgan fingerprint density at radius 1 is 0.750 bits per heavy atom. The summed E-state index contributed by atoms with van der Waals surface area (Å²) in [5, 5.41) is 8.64. The average Bonchev–Trinajstić information content (AvgIpc) is 3.53. The van der Waals surface area contributed by atoms with Crippen molar-refractivity contribution in [3.05, 3.63) is 89.5 Å². The third-order valence-electron chi connectivity index (χ3n) is 5.62. The van der Waals surface area contributed by atoms with E-state index in [0.29, 0.717) is 34.1 Å². The molecule has 0 aliphatic heterocycles. The fraction of sp³-hybridized carbons (Fsp3) is 0.192. The van der Waals surface area contributed by atoms with Gasteiger partial charge in [0.25, 0.3) is 11.8 Å². The first kappa shape index (κ1) is 21.3. The molecule has 1 aliphatic rings. The highest BCUT2D eigenvalue weighted by Crippen LogP contribution is 2.38. The first-order chi connectivity index (χ1) is 15.4. The Kier molecular flexibility index (Phi) is 6.03. The van der Waals surface area contributed by atoms with Gasteiger partial charge in [0.05, 0.1) is 0 Å². The number of nitrogens with one attached hydrogen (secondary N) is 3. The summed E-state index contributed by atoms with van der Waals surface area (Å²) >= 11 is 0. The van der Waals surface area contributed by atoms with Gasteiger partial charge in [-0.05, 0) is 67.3 Å². The van der Waals surface area contributed by atoms with E-state index in [1.54, 1.807) is 60.7 Å². The van der Waals surface area contributed by atoms with Crippen LogP contribution in [0.25, 0.3) is 0 Å². The third-order valence-corrected chi connectivity index (χ3v) is 5.62. The van der Waals surface area contributed by atoms with Gasteiger partial charge in [-0.2, -0.15) is 0 Å². The lowest BCUT2D eigenvalue weighted by atomic mass is 10.1. The summed E-state index contributed by atoms with van der Waals surface area (Å²) in [5.74, 6) is -0.0495. The zero-order valence-electron chi connectivity index (χ0n) is 18.0. The Balaban J connectivity index is 1.45. The van der Waals surface area contributed by atoms with Crippen LogP contribution in [0, 0.1) is 18.8 Å². The number of anilines is 3.